The maximum Gasteiger partial charge on any atom is 0.260 e. The van der Waals surface area contributed by atoms with E-state index < -0.39 is 6.10 Å². The van der Waals surface area contributed by atoms with Gasteiger partial charge in [-0.1, -0.05) is 24.3 Å². The molecule has 0 fully saturated rings. The first kappa shape index (κ1) is 17.1. The zero-order valence-electron chi connectivity index (χ0n) is 14.7. The maximum atomic E-state index is 12.3. The van der Waals surface area contributed by atoms with Crippen LogP contribution < -0.4 is 19.5 Å². The number of rotatable bonds is 5. The second-order valence-corrected chi connectivity index (χ2v) is 6.27. The predicted octanol–water partition coefficient (Wildman–Crippen LogP) is 3.03. The Hall–Kier alpha value is -2.69. The summed E-state index contributed by atoms with van der Waals surface area (Å²) in [6.07, 6.45) is -0.802. The molecule has 5 nitrogen and oxygen atoms in total. The van der Waals surface area contributed by atoms with Crippen molar-refractivity contribution in [3.05, 3.63) is 53.6 Å². The van der Waals surface area contributed by atoms with Crippen LogP contribution in [0.5, 0.6) is 17.2 Å². The summed E-state index contributed by atoms with van der Waals surface area (Å²) in [5, 5.41) is 2.87. The van der Waals surface area contributed by atoms with Crippen LogP contribution in [-0.2, 0) is 4.79 Å². The first-order valence-corrected chi connectivity index (χ1v) is 8.43. The van der Waals surface area contributed by atoms with Crippen LogP contribution in [0.15, 0.2) is 42.5 Å². The molecule has 0 aromatic heterocycles. The van der Waals surface area contributed by atoms with Crippen molar-refractivity contribution in [3.63, 3.8) is 0 Å². The summed E-state index contributed by atoms with van der Waals surface area (Å²) in [4.78, 5) is 12.3. The third-order valence-electron chi connectivity index (χ3n) is 4.09. The van der Waals surface area contributed by atoms with Gasteiger partial charge in [0.25, 0.3) is 5.91 Å². The summed E-state index contributed by atoms with van der Waals surface area (Å²) < 4.78 is 17.3. The predicted molar refractivity (Wildman–Crippen MR) is 95.4 cm³/mol. The van der Waals surface area contributed by atoms with E-state index in [-0.39, 0.29) is 12.0 Å². The molecule has 2 aromatic carbocycles. The highest BCUT2D eigenvalue weighted by molar-refractivity contribution is 5.80. The van der Waals surface area contributed by atoms with Crippen molar-refractivity contribution in [2.75, 3.05) is 13.2 Å². The molecule has 1 amide bonds. The number of carbonyl (C=O) groups is 1. The van der Waals surface area contributed by atoms with Crippen molar-refractivity contribution < 1.29 is 19.0 Å². The molecule has 0 unspecified atom stereocenters. The van der Waals surface area contributed by atoms with E-state index in [1.165, 1.54) is 0 Å². The maximum absolute atomic E-state index is 12.3. The van der Waals surface area contributed by atoms with Crippen LogP contribution in [0.25, 0.3) is 0 Å². The van der Waals surface area contributed by atoms with E-state index in [1.807, 2.05) is 56.3 Å². The van der Waals surface area contributed by atoms with Crippen LogP contribution in [0.1, 0.15) is 18.1 Å². The highest BCUT2D eigenvalue weighted by Gasteiger charge is 2.23. The summed E-state index contributed by atoms with van der Waals surface area (Å²) in [5.41, 5.74) is 2.10. The van der Waals surface area contributed by atoms with Crippen molar-refractivity contribution in [1.82, 2.24) is 5.32 Å². The second kappa shape index (κ2) is 7.47. The van der Waals surface area contributed by atoms with Crippen molar-refractivity contribution in [3.8, 4) is 17.2 Å². The van der Waals surface area contributed by atoms with E-state index in [0.717, 1.165) is 22.6 Å². The number of hydrogen-bond donors (Lipinski definition) is 1. The van der Waals surface area contributed by atoms with Gasteiger partial charge < -0.3 is 19.5 Å². The third kappa shape index (κ3) is 4.24. The SMILES string of the molecule is Cc1ccc(C)c(O[C@@H](C)C(=O)NC[C@@H]2COc3ccccc3O2)c1. The largest absolute Gasteiger partial charge is 0.486 e. The van der Waals surface area contributed by atoms with Gasteiger partial charge >= 0.3 is 0 Å². The van der Waals surface area contributed by atoms with Gasteiger partial charge in [0.2, 0.25) is 0 Å². The van der Waals surface area contributed by atoms with Gasteiger partial charge in [-0.05, 0) is 50.1 Å². The molecular formula is C20H23NO4. The van der Waals surface area contributed by atoms with Crippen molar-refractivity contribution in [1.29, 1.82) is 0 Å². The fraction of sp³-hybridized carbons (Fsp3) is 0.350. The molecule has 2 atom stereocenters. The zero-order valence-corrected chi connectivity index (χ0v) is 14.7. The Labute approximate surface area is 147 Å². The van der Waals surface area contributed by atoms with Crippen LogP contribution in [0, 0.1) is 13.8 Å². The summed E-state index contributed by atoms with van der Waals surface area (Å²) in [6.45, 7) is 6.47. The lowest BCUT2D eigenvalue weighted by atomic mass is 10.1. The third-order valence-corrected chi connectivity index (χ3v) is 4.09. The average molecular weight is 341 g/mol. The summed E-state index contributed by atoms with van der Waals surface area (Å²) in [7, 11) is 0. The molecule has 2 aromatic rings. The number of aryl methyl sites for hydroxylation is 2. The first-order valence-electron chi connectivity index (χ1n) is 8.43. The molecule has 5 heteroatoms. The lowest BCUT2D eigenvalue weighted by Gasteiger charge is -2.27. The molecule has 0 saturated carbocycles. The number of carbonyl (C=O) groups excluding carboxylic acids is 1. The minimum absolute atomic E-state index is 0.177. The fourth-order valence-corrected chi connectivity index (χ4v) is 2.60. The smallest absolute Gasteiger partial charge is 0.260 e. The normalized spacial score (nSPS) is 16.8. The van der Waals surface area contributed by atoms with Gasteiger partial charge in [0.15, 0.2) is 17.6 Å². The van der Waals surface area contributed by atoms with E-state index in [4.69, 9.17) is 14.2 Å². The lowest BCUT2D eigenvalue weighted by molar-refractivity contribution is -0.127. The Bertz CT molecular complexity index is 759. The minimum atomic E-state index is -0.586. The number of nitrogens with one attached hydrogen (secondary N) is 1. The molecule has 132 valence electrons. The van der Waals surface area contributed by atoms with E-state index in [1.54, 1.807) is 6.92 Å². The van der Waals surface area contributed by atoms with Gasteiger partial charge in [-0.25, -0.2) is 0 Å². The van der Waals surface area contributed by atoms with Crippen LogP contribution in [-0.4, -0.2) is 31.3 Å². The summed E-state index contributed by atoms with van der Waals surface area (Å²) in [5.74, 6) is 1.99. The Morgan fingerprint density at radius 3 is 2.80 bits per heavy atom. The monoisotopic (exact) mass is 341 g/mol. The Kier molecular flexibility index (Phi) is 5.12. The quantitative estimate of drug-likeness (QED) is 0.908. The molecule has 0 spiro atoms. The van der Waals surface area contributed by atoms with Crippen LogP contribution >= 0.6 is 0 Å². The molecule has 1 heterocycles. The summed E-state index contributed by atoms with van der Waals surface area (Å²) >= 11 is 0. The van der Waals surface area contributed by atoms with Crippen LogP contribution in [0.3, 0.4) is 0 Å². The van der Waals surface area contributed by atoms with Gasteiger partial charge in [-0.15, -0.1) is 0 Å². The van der Waals surface area contributed by atoms with E-state index >= 15 is 0 Å². The van der Waals surface area contributed by atoms with Gasteiger partial charge in [0.1, 0.15) is 18.5 Å². The first-order chi connectivity index (χ1) is 12.0. The number of fused-ring (bicyclic) bond motifs is 1. The van der Waals surface area contributed by atoms with Crippen molar-refractivity contribution >= 4 is 5.91 Å². The molecule has 1 N–H and O–H groups in total. The molecular weight excluding hydrogens is 318 g/mol. The Morgan fingerprint density at radius 1 is 1.24 bits per heavy atom. The minimum Gasteiger partial charge on any atom is -0.486 e. The molecule has 0 bridgehead atoms. The zero-order chi connectivity index (χ0) is 17.8. The van der Waals surface area contributed by atoms with Crippen molar-refractivity contribution in [2.24, 2.45) is 0 Å². The van der Waals surface area contributed by atoms with Gasteiger partial charge in [0, 0.05) is 0 Å². The molecule has 1 aliphatic heterocycles. The number of benzene rings is 2. The number of ether oxygens (including phenoxy) is 3. The van der Waals surface area contributed by atoms with Crippen LogP contribution in [0.4, 0.5) is 0 Å². The van der Waals surface area contributed by atoms with Gasteiger partial charge in [0.05, 0.1) is 6.54 Å². The average Bonchev–Trinajstić information content (AvgIpc) is 2.62. The molecule has 0 saturated heterocycles. The standard InChI is InChI=1S/C20H23NO4/c1-13-8-9-14(2)19(10-13)24-15(3)20(22)21-11-16-12-23-17-6-4-5-7-18(17)25-16/h4-10,15-16H,11-12H2,1-3H3,(H,21,22)/t15-,16+/m0/s1. The topological polar surface area (TPSA) is 56.8 Å². The van der Waals surface area contributed by atoms with E-state index in [9.17, 15) is 4.79 Å². The highest BCUT2D eigenvalue weighted by Crippen LogP contribution is 2.30. The van der Waals surface area contributed by atoms with Crippen molar-refractivity contribution in [2.45, 2.75) is 33.0 Å². The summed E-state index contributed by atoms with van der Waals surface area (Å²) in [6, 6.07) is 13.5. The van der Waals surface area contributed by atoms with Gasteiger partial charge in [-0.3, -0.25) is 4.79 Å². The second-order valence-electron chi connectivity index (χ2n) is 6.27. The number of amides is 1. The Balaban J connectivity index is 1.52. The molecule has 25 heavy (non-hydrogen) atoms. The lowest BCUT2D eigenvalue weighted by Crippen LogP contribution is -2.44. The Morgan fingerprint density at radius 2 is 2.00 bits per heavy atom. The van der Waals surface area contributed by atoms with E-state index in [0.29, 0.717) is 18.9 Å². The molecule has 0 aliphatic carbocycles. The molecule has 1 aliphatic rings. The van der Waals surface area contributed by atoms with E-state index in [2.05, 4.69) is 5.32 Å². The number of hydrogen-bond acceptors (Lipinski definition) is 4. The molecule has 0 radical (unpaired) electrons. The number of para-hydroxylation sites is 2. The van der Waals surface area contributed by atoms with Gasteiger partial charge in [-0.2, -0.15) is 0 Å². The molecule has 3 rings (SSSR count). The van der Waals surface area contributed by atoms with Crippen LogP contribution in [0.2, 0.25) is 0 Å². The fourth-order valence-electron chi connectivity index (χ4n) is 2.60. The highest BCUT2D eigenvalue weighted by atomic mass is 16.6.